The van der Waals surface area contributed by atoms with Gasteiger partial charge in [0.15, 0.2) is 0 Å². The maximum Gasteiger partial charge on any atom is 0.306 e. The average molecular weight is 541 g/mol. The number of anilines is 2. The zero-order chi connectivity index (χ0) is 26.1. The normalized spacial score (nSPS) is 23.9. The quantitative estimate of drug-likeness (QED) is 0.422. The van der Waals surface area contributed by atoms with E-state index in [9.17, 15) is 4.79 Å². The lowest BCUT2D eigenvalue weighted by atomic mass is 9.91. The molecule has 11 heteroatoms. The van der Waals surface area contributed by atoms with Crippen molar-refractivity contribution < 1.29 is 19.0 Å². The summed E-state index contributed by atoms with van der Waals surface area (Å²) in [5.74, 6) is 1.09. The van der Waals surface area contributed by atoms with Crippen molar-refractivity contribution in [1.82, 2.24) is 24.6 Å². The smallest absolute Gasteiger partial charge is 0.306 e. The van der Waals surface area contributed by atoms with Gasteiger partial charge in [-0.25, -0.2) is 4.98 Å². The van der Waals surface area contributed by atoms with Crippen LogP contribution < -0.4 is 10.1 Å². The van der Waals surface area contributed by atoms with Crippen molar-refractivity contribution in [1.29, 1.82) is 0 Å². The van der Waals surface area contributed by atoms with Gasteiger partial charge in [-0.05, 0) is 56.9 Å². The molecule has 3 aromatic rings. The molecule has 0 radical (unpaired) electrons. The summed E-state index contributed by atoms with van der Waals surface area (Å²) in [5, 5.41) is 8.52. The Balaban J connectivity index is 1.27. The molecule has 0 unspecified atom stereocenters. The molecule has 2 fully saturated rings. The minimum absolute atomic E-state index is 0.108. The van der Waals surface area contributed by atoms with Crippen molar-refractivity contribution in [2.24, 2.45) is 7.05 Å². The number of thiophene rings is 1. The first-order valence-electron chi connectivity index (χ1n) is 13.8. The predicted molar refractivity (Wildman–Crippen MR) is 145 cm³/mol. The van der Waals surface area contributed by atoms with Crippen LogP contribution in [-0.2, 0) is 27.7 Å². The van der Waals surface area contributed by atoms with E-state index < -0.39 is 0 Å². The second-order valence-corrected chi connectivity index (χ2v) is 11.5. The SMILES string of the molecule is CCOC(=O)C[C@H]1CCc2sc3nc(Nc4cnn(C)c4)nc(OC4CCC(N5CCOCC5)CC4)c3c21. The van der Waals surface area contributed by atoms with E-state index in [-0.39, 0.29) is 18.0 Å². The Morgan fingerprint density at radius 3 is 2.74 bits per heavy atom. The van der Waals surface area contributed by atoms with Crippen LogP contribution >= 0.6 is 11.3 Å². The first-order chi connectivity index (χ1) is 18.6. The third-order valence-electron chi connectivity index (χ3n) is 7.92. The fourth-order valence-electron chi connectivity index (χ4n) is 6.11. The predicted octanol–water partition coefficient (Wildman–Crippen LogP) is 4.17. The molecule has 3 aliphatic rings. The van der Waals surface area contributed by atoms with Crippen molar-refractivity contribution in [2.45, 2.75) is 69.9 Å². The monoisotopic (exact) mass is 540 g/mol. The summed E-state index contributed by atoms with van der Waals surface area (Å²) in [4.78, 5) is 26.9. The van der Waals surface area contributed by atoms with Gasteiger partial charge in [-0.2, -0.15) is 10.1 Å². The fraction of sp³-hybridized carbons (Fsp3) is 0.630. The molecule has 0 amide bonds. The Hall–Kier alpha value is -2.76. The van der Waals surface area contributed by atoms with Crippen molar-refractivity contribution in [2.75, 3.05) is 38.2 Å². The summed E-state index contributed by atoms with van der Waals surface area (Å²) in [6.07, 6.45) is 10.2. The van der Waals surface area contributed by atoms with Crippen LogP contribution in [0.1, 0.15) is 61.8 Å². The van der Waals surface area contributed by atoms with Crippen molar-refractivity contribution >= 4 is 39.2 Å². The van der Waals surface area contributed by atoms with E-state index >= 15 is 0 Å². The molecule has 1 saturated heterocycles. The molecule has 1 saturated carbocycles. The topological polar surface area (TPSA) is 104 Å². The summed E-state index contributed by atoms with van der Waals surface area (Å²) in [5.41, 5.74) is 2.01. The number of esters is 1. The van der Waals surface area contributed by atoms with Gasteiger partial charge in [0, 0.05) is 37.3 Å². The highest BCUT2D eigenvalue weighted by Crippen LogP contribution is 2.48. The number of carbonyl (C=O) groups is 1. The maximum absolute atomic E-state index is 12.4. The molecule has 10 nitrogen and oxygen atoms in total. The molecular weight excluding hydrogens is 504 g/mol. The van der Waals surface area contributed by atoms with Gasteiger partial charge in [-0.1, -0.05) is 0 Å². The van der Waals surface area contributed by atoms with E-state index in [1.807, 2.05) is 20.2 Å². The van der Waals surface area contributed by atoms with Crippen LogP contribution in [0.2, 0.25) is 0 Å². The van der Waals surface area contributed by atoms with Gasteiger partial charge in [0.2, 0.25) is 11.8 Å². The summed E-state index contributed by atoms with van der Waals surface area (Å²) >= 11 is 1.69. The van der Waals surface area contributed by atoms with Gasteiger partial charge >= 0.3 is 5.97 Å². The lowest BCUT2D eigenvalue weighted by Crippen LogP contribution is -2.46. The number of carbonyl (C=O) groups excluding carboxylic acids is 1. The number of aromatic nitrogens is 4. The van der Waals surface area contributed by atoms with E-state index in [0.29, 0.717) is 30.9 Å². The number of aryl methyl sites for hydroxylation is 2. The first kappa shape index (κ1) is 25.5. The Morgan fingerprint density at radius 1 is 1.18 bits per heavy atom. The van der Waals surface area contributed by atoms with Gasteiger partial charge in [0.25, 0.3) is 0 Å². The van der Waals surface area contributed by atoms with E-state index in [4.69, 9.17) is 24.2 Å². The Bertz CT molecular complexity index is 1280. The Morgan fingerprint density at radius 2 is 2.00 bits per heavy atom. The summed E-state index contributed by atoms with van der Waals surface area (Å²) in [7, 11) is 1.88. The summed E-state index contributed by atoms with van der Waals surface area (Å²) < 4.78 is 19.3. The van der Waals surface area contributed by atoms with E-state index in [0.717, 1.165) is 80.7 Å². The fourth-order valence-corrected chi connectivity index (χ4v) is 7.38. The standard InChI is InChI=1S/C27H36N6O4S/c1-3-36-22(34)14-17-4-9-21-23(17)24-25(30-27(31-26(24)38-21)29-18-15-28-32(2)16-18)37-20-7-5-19(6-8-20)33-10-12-35-13-11-33/h15-17,19-20H,3-14H2,1-2H3,(H,29,30,31)/t17-,19?,20?/m1/s1. The number of rotatable bonds is 8. The van der Waals surface area contributed by atoms with Gasteiger partial charge in [0.05, 0.1) is 43.5 Å². The van der Waals surface area contributed by atoms with Gasteiger partial charge in [-0.15, -0.1) is 11.3 Å². The van der Waals surface area contributed by atoms with E-state index in [1.54, 1.807) is 22.2 Å². The minimum atomic E-state index is -0.149. The van der Waals surface area contributed by atoms with Crippen molar-refractivity contribution in [3.05, 3.63) is 22.8 Å². The first-order valence-corrected chi connectivity index (χ1v) is 14.6. The van der Waals surface area contributed by atoms with Gasteiger partial charge < -0.3 is 19.5 Å². The van der Waals surface area contributed by atoms with Gasteiger partial charge in [-0.3, -0.25) is 14.4 Å². The lowest BCUT2D eigenvalue weighted by Gasteiger charge is -2.38. The third kappa shape index (κ3) is 5.37. The molecule has 2 aliphatic carbocycles. The number of nitrogens with one attached hydrogen (secondary N) is 1. The zero-order valence-electron chi connectivity index (χ0n) is 22.1. The molecule has 38 heavy (non-hydrogen) atoms. The lowest BCUT2D eigenvalue weighted by molar-refractivity contribution is -0.143. The second kappa shape index (κ2) is 11.2. The largest absolute Gasteiger partial charge is 0.474 e. The van der Waals surface area contributed by atoms with Crippen LogP contribution in [0.4, 0.5) is 11.6 Å². The maximum atomic E-state index is 12.4. The van der Waals surface area contributed by atoms with Crippen LogP contribution in [-0.4, -0.2) is 75.7 Å². The molecule has 0 spiro atoms. The van der Waals surface area contributed by atoms with Crippen molar-refractivity contribution in [3.8, 4) is 5.88 Å². The van der Waals surface area contributed by atoms with E-state index in [1.165, 1.54) is 10.4 Å². The third-order valence-corrected chi connectivity index (χ3v) is 9.08. The van der Waals surface area contributed by atoms with Crippen LogP contribution in [0.5, 0.6) is 5.88 Å². The highest BCUT2D eigenvalue weighted by molar-refractivity contribution is 7.19. The van der Waals surface area contributed by atoms with Crippen molar-refractivity contribution in [3.63, 3.8) is 0 Å². The number of hydrogen-bond donors (Lipinski definition) is 1. The molecule has 6 rings (SSSR count). The molecule has 3 aromatic heterocycles. The highest BCUT2D eigenvalue weighted by atomic mass is 32.1. The molecule has 4 heterocycles. The van der Waals surface area contributed by atoms with Gasteiger partial charge in [0.1, 0.15) is 10.9 Å². The molecule has 1 atom stereocenters. The number of ether oxygens (including phenoxy) is 3. The Labute approximate surface area is 226 Å². The summed E-state index contributed by atoms with van der Waals surface area (Å²) in [6, 6.07) is 0.603. The molecule has 204 valence electrons. The number of morpholine rings is 1. The molecule has 1 aliphatic heterocycles. The minimum Gasteiger partial charge on any atom is -0.474 e. The van der Waals surface area contributed by atoms with Crippen LogP contribution in [0.25, 0.3) is 10.2 Å². The molecular formula is C27H36N6O4S. The van der Waals surface area contributed by atoms with E-state index in [2.05, 4.69) is 15.3 Å². The second-order valence-electron chi connectivity index (χ2n) is 10.4. The number of fused-ring (bicyclic) bond motifs is 3. The molecule has 1 N–H and O–H groups in total. The van der Waals surface area contributed by atoms with Crippen LogP contribution in [0, 0.1) is 0 Å². The Kier molecular flexibility index (Phi) is 7.49. The molecule has 0 bridgehead atoms. The number of nitrogens with zero attached hydrogens (tertiary/aromatic N) is 5. The number of hydrogen-bond acceptors (Lipinski definition) is 10. The van der Waals surface area contributed by atoms with Crippen LogP contribution in [0.15, 0.2) is 12.4 Å². The zero-order valence-corrected chi connectivity index (χ0v) is 23.0. The summed E-state index contributed by atoms with van der Waals surface area (Å²) in [6.45, 7) is 5.96. The molecule has 0 aromatic carbocycles. The van der Waals surface area contributed by atoms with Crippen LogP contribution in [0.3, 0.4) is 0 Å². The average Bonchev–Trinajstić information content (AvgIpc) is 3.61. The highest BCUT2D eigenvalue weighted by Gasteiger charge is 2.34.